The highest BCUT2D eigenvalue weighted by Crippen LogP contribution is 2.30. The average molecular weight is 401 g/mol. The molecule has 1 aromatic carbocycles. The van der Waals surface area contributed by atoms with Crippen molar-refractivity contribution in [1.82, 2.24) is 25.0 Å². The van der Waals surface area contributed by atoms with Crippen molar-refractivity contribution in [3.63, 3.8) is 0 Å². The summed E-state index contributed by atoms with van der Waals surface area (Å²) in [5, 5.41) is 34.7. The lowest BCUT2D eigenvalue weighted by atomic mass is 10.1. The van der Waals surface area contributed by atoms with Gasteiger partial charge >= 0.3 is 0 Å². The van der Waals surface area contributed by atoms with E-state index in [1.54, 1.807) is 22.9 Å². The monoisotopic (exact) mass is 401 g/mol. The Morgan fingerprint density at radius 2 is 2.03 bits per heavy atom. The molecule has 0 fully saturated rings. The molecule has 0 amide bonds. The zero-order valence-electron chi connectivity index (χ0n) is 17.0. The van der Waals surface area contributed by atoms with Crippen molar-refractivity contribution in [1.29, 1.82) is 0 Å². The number of methoxy groups -OCH3 is 1. The minimum absolute atomic E-state index is 0.0369. The second kappa shape index (κ2) is 8.91. The molecular formula is C19H27N7O3. The van der Waals surface area contributed by atoms with Crippen LogP contribution in [0.5, 0.6) is 11.5 Å². The highest BCUT2D eigenvalue weighted by molar-refractivity contribution is 5.83. The molecule has 0 bridgehead atoms. The van der Waals surface area contributed by atoms with Crippen molar-refractivity contribution in [3.05, 3.63) is 23.8 Å². The first-order valence-electron chi connectivity index (χ1n) is 9.55. The van der Waals surface area contributed by atoms with E-state index in [2.05, 4.69) is 30.9 Å². The van der Waals surface area contributed by atoms with E-state index in [-0.39, 0.29) is 24.3 Å². The van der Waals surface area contributed by atoms with Crippen molar-refractivity contribution in [3.8, 4) is 11.5 Å². The molecule has 156 valence electrons. The minimum Gasteiger partial charge on any atom is -0.504 e. The van der Waals surface area contributed by atoms with Crippen LogP contribution in [0.3, 0.4) is 0 Å². The van der Waals surface area contributed by atoms with Crippen LogP contribution in [0.1, 0.15) is 26.3 Å². The van der Waals surface area contributed by atoms with Gasteiger partial charge in [0.05, 0.1) is 19.8 Å². The standard InChI is InChI=1S/C19H27N7O3/c1-5-26-18-15(24-25-26)17(22-19(23-18)21-13(10-27)11(2)3)20-9-12-7-6-8-14(29-4)16(12)28/h6-8,11,13,27-28H,5,9-10H2,1-4H3,(H2,20,21,22,23)/t13-/m0/s1. The fourth-order valence-corrected chi connectivity index (χ4v) is 2.90. The fraction of sp³-hybridized carbons (Fsp3) is 0.474. The first kappa shape index (κ1) is 20.6. The maximum Gasteiger partial charge on any atom is 0.227 e. The van der Waals surface area contributed by atoms with Crippen LogP contribution >= 0.6 is 0 Å². The first-order chi connectivity index (χ1) is 14.0. The summed E-state index contributed by atoms with van der Waals surface area (Å²) < 4.78 is 6.84. The predicted octanol–water partition coefficient (Wildman–Crippen LogP) is 2.00. The average Bonchev–Trinajstić information content (AvgIpc) is 3.14. The number of fused-ring (bicyclic) bond motifs is 1. The van der Waals surface area contributed by atoms with Gasteiger partial charge in [0.15, 0.2) is 28.5 Å². The molecule has 1 atom stereocenters. The lowest BCUT2D eigenvalue weighted by molar-refractivity contribution is 0.248. The van der Waals surface area contributed by atoms with Gasteiger partial charge in [-0.2, -0.15) is 9.97 Å². The Balaban J connectivity index is 1.94. The zero-order valence-corrected chi connectivity index (χ0v) is 17.0. The molecule has 3 rings (SSSR count). The number of para-hydroxylation sites is 1. The summed E-state index contributed by atoms with van der Waals surface area (Å²) in [4.78, 5) is 9.06. The highest BCUT2D eigenvalue weighted by Gasteiger charge is 2.18. The molecule has 4 N–H and O–H groups in total. The number of aromatic hydroxyl groups is 1. The summed E-state index contributed by atoms with van der Waals surface area (Å²) in [5.74, 6) is 1.53. The van der Waals surface area contributed by atoms with Gasteiger partial charge in [-0.05, 0) is 18.9 Å². The van der Waals surface area contributed by atoms with E-state index in [1.807, 2.05) is 20.8 Å². The van der Waals surface area contributed by atoms with Gasteiger partial charge in [0.25, 0.3) is 0 Å². The van der Waals surface area contributed by atoms with E-state index < -0.39 is 0 Å². The number of phenols is 1. The summed E-state index contributed by atoms with van der Waals surface area (Å²) in [5.41, 5.74) is 1.77. The Hall–Kier alpha value is -3.14. The molecule has 0 unspecified atom stereocenters. The van der Waals surface area contributed by atoms with Crippen LogP contribution in [0.15, 0.2) is 18.2 Å². The number of nitrogens with zero attached hydrogens (tertiary/aromatic N) is 5. The summed E-state index contributed by atoms with van der Waals surface area (Å²) in [7, 11) is 1.51. The number of benzene rings is 1. The Kier molecular flexibility index (Phi) is 6.32. The lowest BCUT2D eigenvalue weighted by Crippen LogP contribution is -2.30. The van der Waals surface area contributed by atoms with Gasteiger partial charge < -0.3 is 25.6 Å². The molecule has 0 saturated carbocycles. The lowest BCUT2D eigenvalue weighted by Gasteiger charge is -2.20. The number of aliphatic hydroxyl groups is 1. The van der Waals surface area contributed by atoms with Crippen LogP contribution in [0.4, 0.5) is 11.8 Å². The summed E-state index contributed by atoms with van der Waals surface area (Å²) in [6.07, 6.45) is 0. The van der Waals surface area contributed by atoms with Crippen molar-refractivity contribution in [2.45, 2.75) is 39.9 Å². The van der Waals surface area contributed by atoms with Crippen molar-refractivity contribution in [2.24, 2.45) is 5.92 Å². The van der Waals surface area contributed by atoms with Gasteiger partial charge in [-0.15, -0.1) is 5.10 Å². The second-order valence-electron chi connectivity index (χ2n) is 6.97. The minimum atomic E-state index is -0.186. The van der Waals surface area contributed by atoms with Crippen LogP contribution in [-0.2, 0) is 13.1 Å². The molecule has 10 nitrogen and oxygen atoms in total. The van der Waals surface area contributed by atoms with Gasteiger partial charge in [-0.3, -0.25) is 0 Å². The number of aromatic nitrogens is 5. The third-order valence-corrected chi connectivity index (χ3v) is 4.73. The van der Waals surface area contributed by atoms with E-state index in [4.69, 9.17) is 4.74 Å². The van der Waals surface area contributed by atoms with Crippen LogP contribution < -0.4 is 15.4 Å². The van der Waals surface area contributed by atoms with Crippen LogP contribution in [0, 0.1) is 5.92 Å². The molecule has 0 radical (unpaired) electrons. The van der Waals surface area contributed by atoms with Crippen LogP contribution in [0.25, 0.3) is 11.2 Å². The SMILES string of the molecule is CCn1nnc2c(NCc3cccc(OC)c3O)nc(N[C@@H](CO)C(C)C)nc21. The van der Waals surface area contributed by atoms with Gasteiger partial charge in [0, 0.05) is 18.7 Å². The predicted molar refractivity (Wildman–Crippen MR) is 110 cm³/mol. The number of ether oxygens (including phenoxy) is 1. The topological polar surface area (TPSA) is 130 Å². The zero-order chi connectivity index (χ0) is 21.0. The molecule has 2 heterocycles. The molecule has 0 aliphatic carbocycles. The Morgan fingerprint density at radius 1 is 1.24 bits per heavy atom. The van der Waals surface area contributed by atoms with E-state index >= 15 is 0 Å². The Labute approximate surface area is 168 Å². The largest absolute Gasteiger partial charge is 0.504 e. The third-order valence-electron chi connectivity index (χ3n) is 4.73. The van der Waals surface area contributed by atoms with E-state index in [0.29, 0.717) is 47.3 Å². The highest BCUT2D eigenvalue weighted by atomic mass is 16.5. The Morgan fingerprint density at radius 3 is 2.69 bits per heavy atom. The number of phenolic OH excluding ortho intramolecular Hbond substituents is 1. The number of hydrogen-bond donors (Lipinski definition) is 4. The molecule has 29 heavy (non-hydrogen) atoms. The van der Waals surface area contributed by atoms with Gasteiger partial charge in [-0.25, -0.2) is 4.68 Å². The molecule has 3 aromatic rings. The smallest absolute Gasteiger partial charge is 0.227 e. The molecule has 0 aliphatic heterocycles. The summed E-state index contributed by atoms with van der Waals surface area (Å²) >= 11 is 0. The van der Waals surface area contributed by atoms with Crippen LogP contribution in [0.2, 0.25) is 0 Å². The third kappa shape index (κ3) is 4.32. The molecular weight excluding hydrogens is 374 g/mol. The molecule has 2 aromatic heterocycles. The molecule has 0 spiro atoms. The number of nitrogens with one attached hydrogen (secondary N) is 2. The second-order valence-corrected chi connectivity index (χ2v) is 6.97. The van der Waals surface area contributed by atoms with E-state index in [0.717, 1.165) is 0 Å². The number of anilines is 2. The van der Waals surface area contributed by atoms with Gasteiger partial charge in [0.1, 0.15) is 0 Å². The summed E-state index contributed by atoms with van der Waals surface area (Å²) in [6, 6.07) is 5.11. The fourth-order valence-electron chi connectivity index (χ4n) is 2.90. The van der Waals surface area contributed by atoms with Gasteiger partial charge in [-0.1, -0.05) is 31.2 Å². The molecule has 0 saturated heterocycles. The van der Waals surface area contributed by atoms with Crippen molar-refractivity contribution in [2.75, 3.05) is 24.4 Å². The molecule has 0 aliphatic rings. The maximum atomic E-state index is 10.3. The van der Waals surface area contributed by atoms with Crippen molar-refractivity contribution >= 4 is 22.9 Å². The summed E-state index contributed by atoms with van der Waals surface area (Å²) in [6.45, 7) is 6.85. The number of aryl methyl sites for hydroxylation is 1. The quantitative estimate of drug-likeness (QED) is 0.425. The number of aliphatic hydroxyl groups excluding tert-OH is 1. The Bertz CT molecular complexity index is 974. The van der Waals surface area contributed by atoms with E-state index in [1.165, 1.54) is 7.11 Å². The van der Waals surface area contributed by atoms with Gasteiger partial charge in [0.2, 0.25) is 5.95 Å². The maximum absolute atomic E-state index is 10.3. The molecule has 10 heteroatoms. The van der Waals surface area contributed by atoms with Crippen LogP contribution in [-0.4, -0.2) is 54.9 Å². The number of rotatable bonds is 9. The van der Waals surface area contributed by atoms with Crippen molar-refractivity contribution < 1.29 is 14.9 Å². The normalized spacial score (nSPS) is 12.3. The number of hydrogen-bond acceptors (Lipinski definition) is 9. The first-order valence-corrected chi connectivity index (χ1v) is 9.55. The van der Waals surface area contributed by atoms with E-state index in [9.17, 15) is 10.2 Å².